The first-order valence-electron chi connectivity index (χ1n) is 6.03. The lowest BCUT2D eigenvalue weighted by atomic mass is 10.1. The van der Waals surface area contributed by atoms with Gasteiger partial charge in [0.2, 0.25) is 0 Å². The number of allylic oxidation sites excluding steroid dienone is 1. The van der Waals surface area contributed by atoms with Crippen LogP contribution in [0.2, 0.25) is 0 Å². The van der Waals surface area contributed by atoms with E-state index < -0.39 is 0 Å². The van der Waals surface area contributed by atoms with Gasteiger partial charge in [-0.1, -0.05) is 48.5 Å². The number of nitrogens with two attached hydrogens (primary N) is 1. The highest BCUT2D eigenvalue weighted by atomic mass is 15.1. The molecule has 0 aromatic heterocycles. The fourth-order valence-electron chi connectivity index (χ4n) is 1.86. The van der Waals surface area contributed by atoms with Crippen LogP contribution in [-0.2, 0) is 6.42 Å². The van der Waals surface area contributed by atoms with Crippen LogP contribution in [0.3, 0.4) is 0 Å². The summed E-state index contributed by atoms with van der Waals surface area (Å²) in [6, 6.07) is 20.4. The quantitative estimate of drug-likeness (QED) is 0.886. The summed E-state index contributed by atoms with van der Waals surface area (Å²) in [6.45, 7) is 0. The van der Waals surface area contributed by atoms with Crippen LogP contribution < -0.4 is 10.6 Å². The van der Waals surface area contributed by atoms with Crippen molar-refractivity contribution in [1.82, 2.24) is 0 Å². The van der Waals surface area contributed by atoms with Crippen LogP contribution in [0.25, 0.3) is 0 Å². The highest BCUT2D eigenvalue weighted by Crippen LogP contribution is 2.12. The van der Waals surface area contributed by atoms with Crippen molar-refractivity contribution in [2.75, 3.05) is 11.9 Å². The smallest absolute Gasteiger partial charge is 0.0404 e. The van der Waals surface area contributed by atoms with E-state index in [0.717, 1.165) is 17.8 Å². The maximum Gasteiger partial charge on any atom is 0.0404 e. The molecular formula is C16H18N2. The SMILES string of the molecule is CN(/C=C(/N)Cc1ccccc1)c1ccccc1. The van der Waals surface area contributed by atoms with Gasteiger partial charge in [-0.2, -0.15) is 0 Å². The number of hydrogen-bond acceptors (Lipinski definition) is 2. The lowest BCUT2D eigenvalue weighted by Crippen LogP contribution is -2.13. The van der Waals surface area contributed by atoms with E-state index in [2.05, 4.69) is 24.3 Å². The summed E-state index contributed by atoms with van der Waals surface area (Å²) in [4.78, 5) is 2.04. The van der Waals surface area contributed by atoms with Crippen LogP contribution in [0, 0.1) is 0 Å². The van der Waals surface area contributed by atoms with Gasteiger partial charge in [0.25, 0.3) is 0 Å². The third-order valence-electron chi connectivity index (χ3n) is 2.77. The van der Waals surface area contributed by atoms with Crippen molar-refractivity contribution in [2.24, 2.45) is 5.73 Å². The summed E-state index contributed by atoms with van der Waals surface area (Å²) < 4.78 is 0. The maximum absolute atomic E-state index is 6.06. The molecule has 0 saturated carbocycles. The van der Waals surface area contributed by atoms with E-state index in [1.165, 1.54) is 5.56 Å². The van der Waals surface area contributed by atoms with Crippen LogP contribution in [-0.4, -0.2) is 7.05 Å². The molecule has 0 amide bonds. The van der Waals surface area contributed by atoms with Crippen molar-refractivity contribution in [3.05, 3.63) is 78.1 Å². The van der Waals surface area contributed by atoms with Gasteiger partial charge in [0, 0.05) is 31.1 Å². The normalized spacial score (nSPS) is 11.3. The summed E-state index contributed by atoms with van der Waals surface area (Å²) in [5.74, 6) is 0. The average molecular weight is 238 g/mol. The molecule has 2 N–H and O–H groups in total. The first-order chi connectivity index (χ1) is 8.75. The van der Waals surface area contributed by atoms with Gasteiger partial charge in [-0.3, -0.25) is 0 Å². The number of para-hydroxylation sites is 1. The highest BCUT2D eigenvalue weighted by molar-refractivity contribution is 5.48. The number of benzene rings is 2. The molecule has 2 nitrogen and oxygen atoms in total. The Hall–Kier alpha value is -2.22. The maximum atomic E-state index is 6.06. The van der Waals surface area contributed by atoms with Gasteiger partial charge >= 0.3 is 0 Å². The molecular weight excluding hydrogens is 220 g/mol. The second-order valence-corrected chi connectivity index (χ2v) is 4.31. The average Bonchev–Trinajstić information content (AvgIpc) is 2.40. The lowest BCUT2D eigenvalue weighted by Gasteiger charge is -2.15. The Kier molecular flexibility index (Phi) is 4.02. The van der Waals surface area contributed by atoms with E-state index in [1.54, 1.807) is 0 Å². The fraction of sp³-hybridized carbons (Fsp3) is 0.125. The highest BCUT2D eigenvalue weighted by Gasteiger charge is 1.99. The zero-order chi connectivity index (χ0) is 12.8. The third-order valence-corrected chi connectivity index (χ3v) is 2.77. The van der Waals surface area contributed by atoms with E-state index in [9.17, 15) is 0 Å². The molecule has 2 heteroatoms. The Bertz CT molecular complexity index is 503. The van der Waals surface area contributed by atoms with Crippen molar-refractivity contribution in [3.8, 4) is 0 Å². The van der Waals surface area contributed by atoms with Crippen molar-refractivity contribution in [1.29, 1.82) is 0 Å². The van der Waals surface area contributed by atoms with Crippen LogP contribution in [0.15, 0.2) is 72.6 Å². The van der Waals surface area contributed by atoms with E-state index in [4.69, 9.17) is 5.73 Å². The topological polar surface area (TPSA) is 29.3 Å². The minimum Gasteiger partial charge on any atom is -0.401 e. The number of rotatable bonds is 4. The van der Waals surface area contributed by atoms with E-state index in [-0.39, 0.29) is 0 Å². The van der Waals surface area contributed by atoms with Crippen molar-refractivity contribution in [2.45, 2.75) is 6.42 Å². The molecule has 0 atom stereocenters. The molecule has 0 aliphatic carbocycles. The third kappa shape index (κ3) is 3.39. The standard InChI is InChI=1S/C16H18N2/c1-18(16-10-6-3-7-11-16)13-15(17)12-14-8-4-2-5-9-14/h2-11,13H,12,17H2,1H3/b15-13+. The van der Waals surface area contributed by atoms with Crippen LogP contribution >= 0.6 is 0 Å². The Morgan fingerprint density at radius 2 is 1.56 bits per heavy atom. The Labute approximate surface area is 108 Å². The summed E-state index contributed by atoms with van der Waals surface area (Å²) in [5.41, 5.74) is 9.28. The van der Waals surface area contributed by atoms with Crippen molar-refractivity contribution < 1.29 is 0 Å². The van der Waals surface area contributed by atoms with Crippen LogP contribution in [0.1, 0.15) is 5.56 Å². The number of anilines is 1. The van der Waals surface area contributed by atoms with Gasteiger partial charge in [0.1, 0.15) is 0 Å². The van der Waals surface area contributed by atoms with E-state index >= 15 is 0 Å². The Morgan fingerprint density at radius 3 is 2.17 bits per heavy atom. The lowest BCUT2D eigenvalue weighted by molar-refractivity contribution is 1.06. The monoisotopic (exact) mass is 238 g/mol. The minimum absolute atomic E-state index is 0.776. The van der Waals surface area contributed by atoms with E-state index in [1.807, 2.05) is 54.5 Å². The zero-order valence-corrected chi connectivity index (χ0v) is 10.6. The minimum atomic E-state index is 0.776. The molecule has 0 saturated heterocycles. The van der Waals surface area contributed by atoms with Gasteiger partial charge < -0.3 is 10.6 Å². The summed E-state index contributed by atoms with van der Waals surface area (Å²) in [5, 5.41) is 0. The molecule has 0 heterocycles. The van der Waals surface area contributed by atoms with Gasteiger partial charge in [-0.25, -0.2) is 0 Å². The Balaban J connectivity index is 2.05. The summed E-state index contributed by atoms with van der Waals surface area (Å²) in [7, 11) is 2.01. The van der Waals surface area contributed by atoms with Crippen LogP contribution in [0.5, 0.6) is 0 Å². The number of nitrogens with zero attached hydrogens (tertiary/aromatic N) is 1. The second kappa shape index (κ2) is 5.92. The molecule has 0 aliphatic heterocycles. The summed E-state index contributed by atoms with van der Waals surface area (Å²) >= 11 is 0. The van der Waals surface area contributed by atoms with Crippen molar-refractivity contribution >= 4 is 5.69 Å². The van der Waals surface area contributed by atoms with Gasteiger partial charge in [-0.15, -0.1) is 0 Å². The van der Waals surface area contributed by atoms with Gasteiger partial charge in [0.15, 0.2) is 0 Å². The van der Waals surface area contributed by atoms with Gasteiger partial charge in [-0.05, 0) is 17.7 Å². The predicted octanol–water partition coefficient (Wildman–Crippen LogP) is 3.17. The first-order valence-corrected chi connectivity index (χ1v) is 6.03. The molecule has 2 rings (SSSR count). The van der Waals surface area contributed by atoms with Crippen molar-refractivity contribution in [3.63, 3.8) is 0 Å². The molecule has 18 heavy (non-hydrogen) atoms. The van der Waals surface area contributed by atoms with Crippen LogP contribution in [0.4, 0.5) is 5.69 Å². The molecule has 0 bridgehead atoms. The molecule has 2 aromatic rings. The molecule has 0 spiro atoms. The van der Waals surface area contributed by atoms with E-state index in [0.29, 0.717) is 0 Å². The Morgan fingerprint density at radius 1 is 1.00 bits per heavy atom. The fourth-order valence-corrected chi connectivity index (χ4v) is 1.86. The molecule has 2 aromatic carbocycles. The largest absolute Gasteiger partial charge is 0.401 e. The molecule has 92 valence electrons. The number of hydrogen-bond donors (Lipinski definition) is 1. The first kappa shape index (κ1) is 12.2. The predicted molar refractivity (Wildman–Crippen MR) is 77.3 cm³/mol. The molecule has 0 fully saturated rings. The second-order valence-electron chi connectivity index (χ2n) is 4.31. The summed E-state index contributed by atoms with van der Waals surface area (Å²) in [6.07, 6.45) is 2.75. The van der Waals surface area contributed by atoms with Gasteiger partial charge in [0.05, 0.1) is 0 Å². The molecule has 0 unspecified atom stereocenters. The zero-order valence-electron chi connectivity index (χ0n) is 10.6. The molecule has 0 radical (unpaired) electrons. The molecule has 0 aliphatic rings.